The molecule has 0 radical (unpaired) electrons. The third kappa shape index (κ3) is 1.66. The minimum atomic E-state index is 0.542. The highest BCUT2D eigenvalue weighted by atomic mass is 14.6. The summed E-state index contributed by atoms with van der Waals surface area (Å²) in [7, 11) is 0. The van der Waals surface area contributed by atoms with E-state index in [-0.39, 0.29) is 0 Å². The average Bonchev–Trinajstić information content (AvgIpc) is 2.81. The first-order valence-electron chi connectivity index (χ1n) is 8.92. The number of allylic oxidation sites excluding steroid dienone is 4. The van der Waals surface area contributed by atoms with Crippen molar-refractivity contribution in [3.05, 3.63) is 23.8 Å². The molecule has 0 saturated heterocycles. The van der Waals surface area contributed by atoms with E-state index in [2.05, 4.69) is 39.0 Å². The fraction of sp³-hybridized carbons (Fsp3) is 0.800. The van der Waals surface area contributed by atoms with Gasteiger partial charge >= 0.3 is 0 Å². The fourth-order valence-electron chi connectivity index (χ4n) is 6.38. The highest BCUT2D eigenvalue weighted by molar-refractivity contribution is 5.26. The molecule has 20 heavy (non-hydrogen) atoms. The summed E-state index contributed by atoms with van der Waals surface area (Å²) in [6, 6.07) is 0. The second-order valence-electron chi connectivity index (χ2n) is 8.72. The lowest BCUT2D eigenvalue weighted by molar-refractivity contribution is -0.0268. The van der Waals surface area contributed by atoms with Crippen LogP contribution in [0.2, 0.25) is 0 Å². The zero-order valence-electron chi connectivity index (χ0n) is 13.5. The Morgan fingerprint density at radius 3 is 2.75 bits per heavy atom. The van der Waals surface area contributed by atoms with Gasteiger partial charge in [-0.3, -0.25) is 0 Å². The van der Waals surface area contributed by atoms with Gasteiger partial charge in [0, 0.05) is 0 Å². The lowest BCUT2D eigenvalue weighted by atomic mass is 9.47. The molecule has 4 aliphatic rings. The second-order valence-corrected chi connectivity index (χ2v) is 8.72. The number of rotatable bonds is 0. The summed E-state index contributed by atoms with van der Waals surface area (Å²) in [5.41, 5.74) is 2.94. The van der Waals surface area contributed by atoms with E-state index in [0.29, 0.717) is 10.8 Å². The van der Waals surface area contributed by atoms with Gasteiger partial charge in [-0.25, -0.2) is 0 Å². The summed E-state index contributed by atoms with van der Waals surface area (Å²) in [6.07, 6.45) is 17.7. The van der Waals surface area contributed by atoms with Gasteiger partial charge in [0.1, 0.15) is 0 Å². The normalized spacial score (nSPS) is 53.9. The Morgan fingerprint density at radius 2 is 1.90 bits per heavy atom. The van der Waals surface area contributed by atoms with Crippen LogP contribution in [0, 0.1) is 34.5 Å². The van der Waals surface area contributed by atoms with Crippen LogP contribution in [0.1, 0.15) is 65.7 Å². The molecule has 0 aliphatic heterocycles. The van der Waals surface area contributed by atoms with Crippen molar-refractivity contribution in [1.82, 2.24) is 0 Å². The van der Waals surface area contributed by atoms with E-state index in [1.165, 1.54) is 44.9 Å². The molecule has 0 heterocycles. The molecule has 4 aliphatic carbocycles. The number of hydrogen-bond donors (Lipinski definition) is 0. The average molecular weight is 270 g/mol. The van der Waals surface area contributed by atoms with Crippen LogP contribution < -0.4 is 0 Å². The lowest BCUT2D eigenvalue weighted by Gasteiger charge is -2.57. The van der Waals surface area contributed by atoms with E-state index in [9.17, 15) is 0 Å². The van der Waals surface area contributed by atoms with Crippen LogP contribution in [0.3, 0.4) is 0 Å². The van der Waals surface area contributed by atoms with E-state index in [0.717, 1.165) is 23.7 Å². The van der Waals surface area contributed by atoms with Crippen LogP contribution >= 0.6 is 0 Å². The molecule has 2 saturated carbocycles. The van der Waals surface area contributed by atoms with Gasteiger partial charge < -0.3 is 0 Å². The second kappa shape index (κ2) is 4.24. The van der Waals surface area contributed by atoms with Crippen LogP contribution in [0.15, 0.2) is 23.8 Å². The molecule has 0 aromatic heterocycles. The van der Waals surface area contributed by atoms with Crippen LogP contribution in [-0.2, 0) is 0 Å². The Kier molecular flexibility index (Phi) is 2.79. The SMILES string of the molecule is C[C@@H]1C=C2CCC3C4CC=C[C@@]4(C)CCC3[C@@]2(C)CC1. The van der Waals surface area contributed by atoms with E-state index in [4.69, 9.17) is 0 Å². The third-order valence-electron chi connectivity index (χ3n) is 7.67. The van der Waals surface area contributed by atoms with Crippen LogP contribution in [0.4, 0.5) is 0 Å². The smallest absolute Gasteiger partial charge is 0.00851 e. The standard InChI is InChI=1S/C20H30/c1-14-8-12-20(3)15(13-14)6-7-16-17-5-4-10-19(17,2)11-9-18(16)20/h4,10,13-14,16-18H,5-9,11-12H2,1-3H3/t14-,16?,17?,18?,19-,20-/m0/s1. The zero-order valence-corrected chi connectivity index (χ0v) is 13.5. The minimum Gasteiger partial charge on any atom is -0.0877 e. The van der Waals surface area contributed by atoms with E-state index in [1.807, 2.05) is 5.57 Å². The predicted molar refractivity (Wildman–Crippen MR) is 85.4 cm³/mol. The van der Waals surface area contributed by atoms with Crippen LogP contribution in [0.5, 0.6) is 0 Å². The molecule has 4 rings (SSSR count). The van der Waals surface area contributed by atoms with Crippen molar-refractivity contribution >= 4 is 0 Å². The highest BCUT2D eigenvalue weighted by Gasteiger charge is 2.54. The first-order chi connectivity index (χ1) is 9.53. The first kappa shape index (κ1) is 13.2. The van der Waals surface area contributed by atoms with E-state index in [1.54, 1.807) is 0 Å². The summed E-state index contributed by atoms with van der Waals surface area (Å²) in [5.74, 6) is 3.77. The van der Waals surface area contributed by atoms with Gasteiger partial charge in [-0.1, -0.05) is 44.6 Å². The highest BCUT2D eigenvalue weighted by Crippen LogP contribution is 2.64. The molecule has 0 heteroatoms. The summed E-state index contributed by atoms with van der Waals surface area (Å²) < 4.78 is 0. The molecule has 6 atom stereocenters. The summed E-state index contributed by atoms with van der Waals surface area (Å²) >= 11 is 0. The molecule has 0 aromatic rings. The van der Waals surface area contributed by atoms with Gasteiger partial charge in [-0.15, -0.1) is 0 Å². The Morgan fingerprint density at radius 1 is 1.05 bits per heavy atom. The summed E-state index contributed by atoms with van der Waals surface area (Å²) in [4.78, 5) is 0. The van der Waals surface area contributed by atoms with Gasteiger partial charge in [0.15, 0.2) is 0 Å². The van der Waals surface area contributed by atoms with Gasteiger partial charge in [0.05, 0.1) is 0 Å². The van der Waals surface area contributed by atoms with E-state index < -0.39 is 0 Å². The number of fused-ring (bicyclic) bond motifs is 5. The summed E-state index contributed by atoms with van der Waals surface area (Å²) in [5, 5.41) is 0. The maximum Gasteiger partial charge on any atom is -0.00851 e. The van der Waals surface area contributed by atoms with Gasteiger partial charge in [0.2, 0.25) is 0 Å². The maximum absolute atomic E-state index is 2.65. The first-order valence-corrected chi connectivity index (χ1v) is 8.92. The third-order valence-corrected chi connectivity index (χ3v) is 7.67. The molecular weight excluding hydrogens is 240 g/mol. The molecule has 110 valence electrons. The van der Waals surface area contributed by atoms with Gasteiger partial charge in [0.25, 0.3) is 0 Å². The van der Waals surface area contributed by atoms with E-state index >= 15 is 0 Å². The number of hydrogen-bond acceptors (Lipinski definition) is 0. The monoisotopic (exact) mass is 270 g/mol. The molecule has 0 spiro atoms. The Bertz CT molecular complexity index is 470. The zero-order chi connectivity index (χ0) is 14.0. The van der Waals surface area contributed by atoms with Crippen molar-refractivity contribution in [3.8, 4) is 0 Å². The largest absolute Gasteiger partial charge is 0.0877 e. The molecule has 3 unspecified atom stereocenters. The van der Waals surface area contributed by atoms with Crippen molar-refractivity contribution in [2.45, 2.75) is 65.7 Å². The lowest BCUT2D eigenvalue weighted by Crippen LogP contribution is -2.49. The summed E-state index contributed by atoms with van der Waals surface area (Å²) in [6.45, 7) is 7.57. The quantitative estimate of drug-likeness (QED) is 0.491. The van der Waals surface area contributed by atoms with Crippen molar-refractivity contribution in [2.24, 2.45) is 34.5 Å². The molecule has 0 bridgehead atoms. The van der Waals surface area contributed by atoms with Crippen molar-refractivity contribution in [1.29, 1.82) is 0 Å². The molecule has 0 amide bonds. The predicted octanol–water partition coefficient (Wildman–Crippen LogP) is 5.75. The van der Waals surface area contributed by atoms with Gasteiger partial charge in [-0.2, -0.15) is 0 Å². The molecular formula is C20H30. The molecule has 0 nitrogen and oxygen atoms in total. The minimum absolute atomic E-state index is 0.542. The van der Waals surface area contributed by atoms with Crippen molar-refractivity contribution < 1.29 is 0 Å². The van der Waals surface area contributed by atoms with Crippen LogP contribution in [-0.4, -0.2) is 0 Å². The topological polar surface area (TPSA) is 0 Å². The molecule has 2 fully saturated rings. The maximum atomic E-state index is 2.65. The molecule has 0 aromatic carbocycles. The Hall–Kier alpha value is -0.520. The molecule has 0 N–H and O–H groups in total. The Balaban J connectivity index is 1.68. The Labute approximate surface area is 124 Å². The van der Waals surface area contributed by atoms with Crippen LogP contribution in [0.25, 0.3) is 0 Å². The van der Waals surface area contributed by atoms with Crippen molar-refractivity contribution in [2.75, 3.05) is 0 Å². The fourth-order valence-corrected chi connectivity index (χ4v) is 6.38. The van der Waals surface area contributed by atoms with Gasteiger partial charge in [-0.05, 0) is 79.4 Å². The van der Waals surface area contributed by atoms with Crippen molar-refractivity contribution in [3.63, 3.8) is 0 Å².